The molecule has 244 valence electrons. The van der Waals surface area contributed by atoms with Gasteiger partial charge in [0.1, 0.15) is 24.4 Å². The molecule has 1 aliphatic rings. The third kappa shape index (κ3) is 11.5. The number of rotatable bonds is 17. The van der Waals surface area contributed by atoms with Gasteiger partial charge in [0.15, 0.2) is 8.32 Å². The predicted octanol–water partition coefficient (Wildman–Crippen LogP) is 9.22. The highest BCUT2D eigenvalue weighted by Gasteiger charge is 2.37. The molecule has 44 heavy (non-hydrogen) atoms. The van der Waals surface area contributed by atoms with Gasteiger partial charge in [-0.25, -0.2) is 0 Å². The summed E-state index contributed by atoms with van der Waals surface area (Å²) < 4.78 is 36.8. The van der Waals surface area contributed by atoms with Gasteiger partial charge in [0.05, 0.1) is 39.1 Å². The Kier molecular flexibility index (Phi) is 13.7. The first-order valence-corrected chi connectivity index (χ1v) is 18.9. The molecule has 6 nitrogen and oxygen atoms in total. The normalized spacial score (nSPS) is 17.7. The molecule has 0 fully saturated rings. The molecule has 0 unspecified atom stereocenters. The highest BCUT2D eigenvalue weighted by molar-refractivity contribution is 6.74. The minimum Gasteiger partial charge on any atom is -0.497 e. The zero-order valence-electron chi connectivity index (χ0n) is 28.6. The summed E-state index contributed by atoms with van der Waals surface area (Å²) in [6.07, 6.45) is 8.93. The van der Waals surface area contributed by atoms with Crippen LogP contribution in [-0.4, -0.2) is 47.1 Å². The lowest BCUT2D eigenvalue weighted by Gasteiger charge is -2.36. The van der Waals surface area contributed by atoms with Gasteiger partial charge in [-0.05, 0) is 81.1 Å². The van der Waals surface area contributed by atoms with E-state index in [1.165, 1.54) is 0 Å². The first-order valence-electron chi connectivity index (χ1n) is 16.0. The van der Waals surface area contributed by atoms with Crippen LogP contribution in [0.25, 0.3) is 0 Å². The molecular formula is C37H56O6Si. The van der Waals surface area contributed by atoms with Crippen LogP contribution in [0.3, 0.4) is 0 Å². The molecule has 2 aromatic carbocycles. The summed E-state index contributed by atoms with van der Waals surface area (Å²) in [7, 11) is -0.112. The summed E-state index contributed by atoms with van der Waals surface area (Å²) in [5.74, 6) is 1.83. The van der Waals surface area contributed by atoms with E-state index in [0.29, 0.717) is 19.8 Å². The molecule has 0 N–H and O–H groups in total. The molecule has 7 heteroatoms. The van der Waals surface area contributed by atoms with Gasteiger partial charge in [-0.15, -0.1) is 0 Å². The molecule has 3 atom stereocenters. The molecule has 1 aliphatic heterocycles. The molecule has 0 saturated heterocycles. The second-order valence-electron chi connectivity index (χ2n) is 13.8. The minimum atomic E-state index is -1.79. The molecule has 0 radical (unpaired) electrons. The smallest absolute Gasteiger partial charge is 0.192 e. The zero-order chi connectivity index (χ0) is 32.2. The number of benzene rings is 2. The SMILES string of the molecule is COc1ccc(CO[C@H](C[C@@H]2CCC=C(C(C)(C)C=CCO[Si](C)(C)C(C)(C)C)O2)[C@@H](C)OCOCc2ccccc2)cc1. The van der Waals surface area contributed by atoms with Crippen LogP contribution >= 0.6 is 0 Å². The van der Waals surface area contributed by atoms with Gasteiger partial charge in [0, 0.05) is 11.8 Å². The van der Waals surface area contributed by atoms with E-state index in [1.807, 2.05) is 54.6 Å². The Morgan fingerprint density at radius 2 is 1.61 bits per heavy atom. The van der Waals surface area contributed by atoms with Crippen molar-refractivity contribution in [3.8, 4) is 5.75 Å². The molecule has 0 aliphatic carbocycles. The number of ether oxygens (including phenoxy) is 5. The maximum Gasteiger partial charge on any atom is 0.192 e. The van der Waals surface area contributed by atoms with Crippen LogP contribution in [-0.2, 0) is 36.6 Å². The summed E-state index contributed by atoms with van der Waals surface area (Å²) in [6, 6.07) is 18.1. The fourth-order valence-corrected chi connectivity index (χ4v) is 5.69. The van der Waals surface area contributed by atoms with Crippen molar-refractivity contribution in [2.75, 3.05) is 20.5 Å². The summed E-state index contributed by atoms with van der Waals surface area (Å²) in [4.78, 5) is 0. The van der Waals surface area contributed by atoms with Crippen LogP contribution in [0.15, 0.2) is 78.6 Å². The zero-order valence-corrected chi connectivity index (χ0v) is 29.6. The number of hydrogen-bond acceptors (Lipinski definition) is 6. The Balaban J connectivity index is 1.60. The van der Waals surface area contributed by atoms with Gasteiger partial charge in [-0.2, -0.15) is 0 Å². The molecule has 0 saturated carbocycles. The summed E-state index contributed by atoms with van der Waals surface area (Å²) >= 11 is 0. The van der Waals surface area contributed by atoms with Crippen LogP contribution < -0.4 is 4.74 Å². The summed E-state index contributed by atoms with van der Waals surface area (Å²) in [5.41, 5.74) is 1.97. The molecular weight excluding hydrogens is 568 g/mol. The van der Waals surface area contributed by atoms with Crippen molar-refractivity contribution in [1.29, 1.82) is 0 Å². The van der Waals surface area contributed by atoms with E-state index < -0.39 is 8.32 Å². The molecule has 0 spiro atoms. The second-order valence-corrected chi connectivity index (χ2v) is 18.6. The van der Waals surface area contributed by atoms with Gasteiger partial charge in [-0.1, -0.05) is 75.4 Å². The lowest BCUT2D eigenvalue weighted by atomic mass is 9.87. The van der Waals surface area contributed by atoms with Gasteiger partial charge in [0.25, 0.3) is 0 Å². The molecule has 0 aromatic heterocycles. The summed E-state index contributed by atoms with van der Waals surface area (Å²) in [6.45, 7) is 19.7. The van der Waals surface area contributed by atoms with E-state index in [9.17, 15) is 0 Å². The Morgan fingerprint density at radius 1 is 0.932 bits per heavy atom. The highest BCUT2D eigenvalue weighted by Crippen LogP contribution is 2.38. The maximum absolute atomic E-state index is 6.64. The van der Waals surface area contributed by atoms with Crippen molar-refractivity contribution in [3.05, 3.63) is 89.7 Å². The van der Waals surface area contributed by atoms with E-state index in [2.05, 4.69) is 72.9 Å². The average Bonchev–Trinajstić information content (AvgIpc) is 3.00. The van der Waals surface area contributed by atoms with Gasteiger partial charge >= 0.3 is 0 Å². The Morgan fingerprint density at radius 3 is 2.27 bits per heavy atom. The fourth-order valence-electron chi connectivity index (χ4n) is 4.74. The highest BCUT2D eigenvalue weighted by atomic mass is 28.4. The molecule has 0 amide bonds. The Hall–Kier alpha value is -2.42. The Labute approximate surface area is 267 Å². The van der Waals surface area contributed by atoms with Crippen LogP contribution in [0, 0.1) is 5.41 Å². The number of allylic oxidation sites excluding steroid dienone is 2. The van der Waals surface area contributed by atoms with Crippen molar-refractivity contribution < 1.29 is 28.1 Å². The average molecular weight is 625 g/mol. The monoisotopic (exact) mass is 624 g/mol. The lowest BCUT2D eigenvalue weighted by molar-refractivity contribution is -0.147. The maximum atomic E-state index is 6.64. The van der Waals surface area contributed by atoms with Crippen LogP contribution in [0.5, 0.6) is 5.75 Å². The van der Waals surface area contributed by atoms with Crippen LogP contribution in [0.4, 0.5) is 0 Å². The fraction of sp³-hybridized carbons (Fsp3) is 0.568. The van der Waals surface area contributed by atoms with Gasteiger partial charge in [0.2, 0.25) is 0 Å². The van der Waals surface area contributed by atoms with Crippen LogP contribution in [0.1, 0.15) is 71.9 Å². The quantitative estimate of drug-likeness (QED) is 0.0757. The van der Waals surface area contributed by atoms with E-state index in [-0.39, 0.29) is 35.6 Å². The first-order chi connectivity index (χ1) is 20.8. The predicted molar refractivity (Wildman–Crippen MR) is 181 cm³/mol. The van der Waals surface area contributed by atoms with Gasteiger partial charge < -0.3 is 28.1 Å². The standard InChI is InChI=1S/C37H56O6Si/c1-29(41-28-39-26-30-15-11-10-12-16-30)34(40-27-31-19-21-32(38-7)22-20-31)25-33-17-13-18-35(43-33)37(5,6)23-14-24-42-44(8,9)36(2,3)4/h10-12,14-16,18-23,29,33-34H,13,17,24-28H2,1-9H3/t29-,33+,34-/m1/s1. The number of methoxy groups -OCH3 is 1. The van der Waals surface area contributed by atoms with E-state index >= 15 is 0 Å². The van der Waals surface area contributed by atoms with E-state index in [4.69, 9.17) is 28.1 Å². The van der Waals surface area contributed by atoms with Crippen molar-refractivity contribution >= 4 is 8.32 Å². The van der Waals surface area contributed by atoms with Crippen molar-refractivity contribution in [2.24, 2.45) is 5.41 Å². The van der Waals surface area contributed by atoms with Crippen molar-refractivity contribution in [2.45, 2.75) is 110 Å². The van der Waals surface area contributed by atoms with Crippen molar-refractivity contribution in [3.63, 3.8) is 0 Å². The summed E-state index contributed by atoms with van der Waals surface area (Å²) in [5, 5.41) is 0.194. The van der Waals surface area contributed by atoms with Crippen LogP contribution in [0.2, 0.25) is 18.1 Å². The number of hydrogen-bond donors (Lipinski definition) is 0. The third-order valence-corrected chi connectivity index (χ3v) is 13.3. The molecule has 0 bridgehead atoms. The lowest BCUT2D eigenvalue weighted by Crippen LogP contribution is -2.40. The minimum absolute atomic E-state index is 0.0308. The largest absolute Gasteiger partial charge is 0.497 e. The topological polar surface area (TPSA) is 55.4 Å². The van der Waals surface area contributed by atoms with Gasteiger partial charge in [-0.3, -0.25) is 0 Å². The molecule has 3 rings (SSSR count). The van der Waals surface area contributed by atoms with E-state index in [1.54, 1.807) is 7.11 Å². The Bertz CT molecular complexity index is 1170. The van der Waals surface area contributed by atoms with E-state index in [0.717, 1.165) is 41.9 Å². The first kappa shape index (κ1) is 36.0. The third-order valence-electron chi connectivity index (χ3n) is 8.80. The van der Waals surface area contributed by atoms with Crippen molar-refractivity contribution in [1.82, 2.24) is 0 Å². The molecule has 1 heterocycles. The molecule has 2 aromatic rings. The second kappa shape index (κ2) is 16.8.